The number of hydrogen-bond donors (Lipinski definition) is 1. The smallest absolute Gasteiger partial charge is 0.219 e. The van der Waals surface area contributed by atoms with Gasteiger partial charge < -0.3 is 24.0 Å². The van der Waals surface area contributed by atoms with E-state index >= 15 is 0 Å². The quantitative estimate of drug-likeness (QED) is 0.435. The standard InChI is InChI=1S/C27H33FN4O4/c1-22(33)32-14-13-31(18-27(34,19-32)20-36-25-8-6-24(28)7-9-25)17-23-4-2-5-26(16-23)35-15-3-11-30-12-10-29-21-30/h2,4-10,12,16,21,34H,3,11,13-15,17-20H2,1H3. The largest absolute Gasteiger partial charge is 0.494 e. The summed E-state index contributed by atoms with van der Waals surface area (Å²) >= 11 is 0. The number of imidazole rings is 1. The monoisotopic (exact) mass is 496 g/mol. The Morgan fingerprint density at radius 2 is 1.94 bits per heavy atom. The molecule has 8 nitrogen and oxygen atoms in total. The predicted octanol–water partition coefficient (Wildman–Crippen LogP) is 2.97. The molecule has 2 aromatic carbocycles. The van der Waals surface area contributed by atoms with Crippen LogP contribution in [0.4, 0.5) is 4.39 Å². The lowest BCUT2D eigenvalue weighted by molar-refractivity contribution is -0.132. The number of ether oxygens (including phenoxy) is 2. The van der Waals surface area contributed by atoms with Crippen molar-refractivity contribution in [2.24, 2.45) is 0 Å². The van der Waals surface area contributed by atoms with Gasteiger partial charge in [0.15, 0.2) is 0 Å². The first-order valence-electron chi connectivity index (χ1n) is 12.1. The number of benzene rings is 2. The topological polar surface area (TPSA) is 80.1 Å². The zero-order chi connectivity index (χ0) is 25.4. The molecule has 0 aliphatic carbocycles. The Labute approximate surface area is 210 Å². The molecule has 3 aromatic rings. The second-order valence-electron chi connectivity index (χ2n) is 9.27. The minimum absolute atomic E-state index is 0.0149. The highest BCUT2D eigenvalue weighted by Crippen LogP contribution is 2.21. The number of hydrogen-bond acceptors (Lipinski definition) is 6. The van der Waals surface area contributed by atoms with Gasteiger partial charge in [0.05, 0.1) is 19.5 Å². The Kier molecular flexibility index (Phi) is 8.56. The van der Waals surface area contributed by atoms with Crippen LogP contribution >= 0.6 is 0 Å². The molecule has 1 N–H and O–H groups in total. The van der Waals surface area contributed by atoms with Crippen molar-refractivity contribution in [2.75, 3.05) is 39.4 Å². The fourth-order valence-corrected chi connectivity index (χ4v) is 4.33. The Bertz CT molecular complexity index is 1110. The summed E-state index contributed by atoms with van der Waals surface area (Å²) in [5.74, 6) is 0.818. The molecular weight excluding hydrogens is 463 g/mol. The van der Waals surface area contributed by atoms with Gasteiger partial charge >= 0.3 is 0 Å². The molecule has 1 aromatic heterocycles. The van der Waals surface area contributed by atoms with Gasteiger partial charge in [-0.15, -0.1) is 0 Å². The van der Waals surface area contributed by atoms with Crippen LogP contribution in [0.15, 0.2) is 67.3 Å². The number of rotatable bonds is 10. The van der Waals surface area contributed by atoms with E-state index in [0.29, 0.717) is 38.5 Å². The van der Waals surface area contributed by atoms with E-state index in [2.05, 4.69) is 9.88 Å². The molecule has 9 heteroatoms. The first-order valence-corrected chi connectivity index (χ1v) is 12.1. The predicted molar refractivity (Wildman–Crippen MR) is 133 cm³/mol. The Balaban J connectivity index is 1.36. The molecule has 0 spiro atoms. The average Bonchev–Trinajstić information content (AvgIpc) is 3.32. The minimum atomic E-state index is -1.28. The molecule has 1 fully saturated rings. The van der Waals surface area contributed by atoms with E-state index in [1.165, 1.54) is 31.2 Å². The third-order valence-corrected chi connectivity index (χ3v) is 6.15. The van der Waals surface area contributed by atoms with Crippen molar-refractivity contribution in [1.29, 1.82) is 0 Å². The van der Waals surface area contributed by atoms with Gasteiger partial charge in [0.1, 0.15) is 29.5 Å². The van der Waals surface area contributed by atoms with Crippen LogP contribution in [-0.4, -0.2) is 75.4 Å². The van der Waals surface area contributed by atoms with Crippen LogP contribution in [0.5, 0.6) is 11.5 Å². The summed E-state index contributed by atoms with van der Waals surface area (Å²) in [7, 11) is 0. The van der Waals surface area contributed by atoms with E-state index in [1.807, 2.05) is 35.0 Å². The molecule has 1 saturated heterocycles. The molecule has 1 atom stereocenters. The number of aliphatic hydroxyl groups is 1. The van der Waals surface area contributed by atoms with E-state index in [4.69, 9.17) is 9.47 Å². The van der Waals surface area contributed by atoms with Crippen LogP contribution in [0.3, 0.4) is 0 Å². The normalized spacial score (nSPS) is 18.6. The van der Waals surface area contributed by atoms with Gasteiger partial charge in [-0.3, -0.25) is 9.69 Å². The Hall–Kier alpha value is -3.43. The molecule has 1 aliphatic rings. The van der Waals surface area contributed by atoms with Gasteiger partial charge in [-0.2, -0.15) is 0 Å². The van der Waals surface area contributed by atoms with Crippen molar-refractivity contribution in [2.45, 2.75) is 32.0 Å². The van der Waals surface area contributed by atoms with Gasteiger partial charge in [-0.05, 0) is 48.4 Å². The third-order valence-electron chi connectivity index (χ3n) is 6.15. The van der Waals surface area contributed by atoms with Crippen molar-refractivity contribution in [3.05, 3.63) is 78.6 Å². The van der Waals surface area contributed by atoms with Gasteiger partial charge in [0.2, 0.25) is 5.91 Å². The van der Waals surface area contributed by atoms with Crippen LogP contribution in [0.2, 0.25) is 0 Å². The summed E-state index contributed by atoms with van der Waals surface area (Å²) in [6.45, 7) is 5.15. The number of nitrogens with zero attached hydrogens (tertiary/aromatic N) is 4. The molecular formula is C27H33FN4O4. The lowest BCUT2D eigenvalue weighted by Gasteiger charge is -2.32. The fraction of sp³-hybridized carbons (Fsp3) is 0.407. The first-order chi connectivity index (χ1) is 17.4. The zero-order valence-electron chi connectivity index (χ0n) is 20.6. The van der Waals surface area contributed by atoms with Crippen LogP contribution in [0.25, 0.3) is 0 Å². The number of aromatic nitrogens is 2. The molecule has 0 bridgehead atoms. The molecule has 0 radical (unpaired) electrons. The lowest BCUT2D eigenvalue weighted by Crippen LogP contribution is -2.51. The second-order valence-corrected chi connectivity index (χ2v) is 9.27. The highest BCUT2D eigenvalue weighted by Gasteiger charge is 2.36. The van der Waals surface area contributed by atoms with E-state index in [-0.39, 0.29) is 24.9 Å². The summed E-state index contributed by atoms with van der Waals surface area (Å²) in [4.78, 5) is 20.0. The lowest BCUT2D eigenvalue weighted by atomic mass is 10.0. The molecule has 36 heavy (non-hydrogen) atoms. The van der Waals surface area contributed by atoms with E-state index in [9.17, 15) is 14.3 Å². The maximum atomic E-state index is 13.2. The zero-order valence-corrected chi connectivity index (χ0v) is 20.6. The van der Waals surface area contributed by atoms with Crippen molar-refractivity contribution < 1.29 is 23.8 Å². The summed E-state index contributed by atoms with van der Waals surface area (Å²) < 4.78 is 27.0. The van der Waals surface area contributed by atoms with Crippen molar-refractivity contribution in [3.63, 3.8) is 0 Å². The SMILES string of the molecule is CC(=O)N1CCN(Cc2cccc(OCCCn3ccnc3)c2)CC(O)(COc2ccc(F)cc2)C1. The number of halogens is 1. The summed E-state index contributed by atoms with van der Waals surface area (Å²) in [5, 5.41) is 11.4. The Morgan fingerprint density at radius 1 is 1.11 bits per heavy atom. The van der Waals surface area contributed by atoms with Crippen LogP contribution in [0.1, 0.15) is 18.9 Å². The van der Waals surface area contributed by atoms with Crippen molar-refractivity contribution >= 4 is 5.91 Å². The third kappa shape index (κ3) is 7.53. The van der Waals surface area contributed by atoms with E-state index in [0.717, 1.165) is 24.3 Å². The maximum absolute atomic E-state index is 13.2. The molecule has 2 heterocycles. The number of β-amino-alcohol motifs (C(OH)–C–C–N with tert-alkyl or cyclic N) is 1. The Morgan fingerprint density at radius 3 is 2.69 bits per heavy atom. The molecule has 192 valence electrons. The molecule has 4 rings (SSSR count). The maximum Gasteiger partial charge on any atom is 0.219 e. The van der Waals surface area contributed by atoms with Crippen LogP contribution in [0, 0.1) is 5.82 Å². The number of aryl methyl sites for hydroxylation is 1. The molecule has 1 aliphatic heterocycles. The number of carbonyl (C=O) groups is 1. The van der Waals surface area contributed by atoms with Crippen molar-refractivity contribution in [1.82, 2.24) is 19.4 Å². The first kappa shape index (κ1) is 25.7. The average molecular weight is 497 g/mol. The summed E-state index contributed by atoms with van der Waals surface area (Å²) in [5.41, 5.74) is -0.224. The molecule has 0 saturated carbocycles. The van der Waals surface area contributed by atoms with E-state index in [1.54, 1.807) is 17.4 Å². The minimum Gasteiger partial charge on any atom is -0.494 e. The van der Waals surface area contributed by atoms with E-state index < -0.39 is 5.60 Å². The summed E-state index contributed by atoms with van der Waals surface area (Å²) in [6, 6.07) is 13.6. The fourth-order valence-electron chi connectivity index (χ4n) is 4.33. The van der Waals surface area contributed by atoms with Gasteiger partial charge in [-0.1, -0.05) is 12.1 Å². The molecule has 1 amide bonds. The van der Waals surface area contributed by atoms with Gasteiger partial charge in [0, 0.05) is 52.0 Å². The van der Waals surface area contributed by atoms with Crippen LogP contribution in [-0.2, 0) is 17.9 Å². The highest BCUT2D eigenvalue weighted by molar-refractivity contribution is 5.73. The van der Waals surface area contributed by atoms with Gasteiger partial charge in [-0.25, -0.2) is 9.37 Å². The summed E-state index contributed by atoms with van der Waals surface area (Å²) in [6.07, 6.45) is 6.36. The van der Waals surface area contributed by atoms with Crippen LogP contribution < -0.4 is 9.47 Å². The van der Waals surface area contributed by atoms with Gasteiger partial charge in [0.25, 0.3) is 0 Å². The van der Waals surface area contributed by atoms with Crippen molar-refractivity contribution in [3.8, 4) is 11.5 Å². The highest BCUT2D eigenvalue weighted by atomic mass is 19.1. The molecule has 1 unspecified atom stereocenters. The number of carbonyl (C=O) groups excluding carboxylic acids is 1. The number of amides is 1. The second kappa shape index (κ2) is 12.0.